The molecule has 0 radical (unpaired) electrons. The second-order valence-electron chi connectivity index (χ2n) is 12.0. The predicted molar refractivity (Wildman–Crippen MR) is 164 cm³/mol. The monoisotopic (exact) mass is 605 g/mol. The Kier molecular flexibility index (Phi) is 10.4. The third kappa shape index (κ3) is 7.88. The minimum absolute atomic E-state index is 0.00112. The van der Waals surface area contributed by atoms with E-state index in [2.05, 4.69) is 17.6 Å². The van der Waals surface area contributed by atoms with Crippen LogP contribution >= 0.6 is 0 Å². The van der Waals surface area contributed by atoms with Crippen LogP contribution in [-0.4, -0.2) is 65.2 Å². The maximum Gasteiger partial charge on any atom is 0.254 e. The van der Waals surface area contributed by atoms with Crippen molar-refractivity contribution in [3.05, 3.63) is 106 Å². The quantitative estimate of drug-likeness (QED) is 0.288. The number of nitrogens with zero attached hydrogens (tertiary/aromatic N) is 1. The lowest BCUT2D eigenvalue weighted by Gasteiger charge is -2.29. The molecule has 2 heterocycles. The highest BCUT2D eigenvalue weighted by atomic mass is 19.1. The van der Waals surface area contributed by atoms with Crippen molar-refractivity contribution in [1.82, 2.24) is 15.5 Å². The Morgan fingerprint density at radius 3 is 2.50 bits per heavy atom. The number of aliphatic hydroxyl groups excluding tert-OH is 1. The number of benzene rings is 3. The van der Waals surface area contributed by atoms with Crippen LogP contribution in [0.4, 0.5) is 8.78 Å². The Hall–Kier alpha value is -3.66. The zero-order valence-corrected chi connectivity index (χ0v) is 25.3. The Bertz CT molecular complexity index is 1430. The van der Waals surface area contributed by atoms with Crippen LogP contribution in [0.2, 0.25) is 0 Å². The Morgan fingerprint density at radius 2 is 1.77 bits per heavy atom. The SMILES string of the molecule is CC[C@H]1CCCN1C(=O)c1cc(C)cc(C(=O)N[C@@H](Cc2cc(F)cc(F)c2)[C@H](O)[C@H]2C[C@@H](OCc3ccccc3)CN2)c1. The number of aryl methyl sites for hydroxylation is 1. The van der Waals surface area contributed by atoms with Gasteiger partial charge in [-0.1, -0.05) is 37.3 Å². The third-order valence-corrected chi connectivity index (χ3v) is 8.67. The van der Waals surface area contributed by atoms with Crippen molar-refractivity contribution in [2.75, 3.05) is 13.1 Å². The van der Waals surface area contributed by atoms with E-state index in [1.807, 2.05) is 42.2 Å². The molecule has 5 atom stereocenters. The summed E-state index contributed by atoms with van der Waals surface area (Å²) in [4.78, 5) is 28.9. The molecule has 2 aliphatic heterocycles. The standard InChI is InChI=1S/C35H41F2N3O4/c1-3-29-10-7-11-40(29)35(43)26-13-22(2)12-25(17-26)34(42)39-32(16-24-14-27(36)18-28(37)15-24)33(41)31-19-30(20-38-31)44-21-23-8-5-4-6-9-23/h4-6,8-9,12-15,17-18,29-33,38,41H,3,7,10-11,16,19-21H2,1-2H3,(H,39,42)/t29-,30+,31+,32-,33+/m0/s1. The molecule has 234 valence electrons. The lowest BCUT2D eigenvalue weighted by Crippen LogP contribution is -2.52. The van der Waals surface area contributed by atoms with Gasteiger partial charge in [-0.05, 0) is 86.1 Å². The van der Waals surface area contributed by atoms with Gasteiger partial charge in [0.1, 0.15) is 11.6 Å². The van der Waals surface area contributed by atoms with E-state index in [9.17, 15) is 23.5 Å². The number of ether oxygens (including phenoxy) is 1. The molecular weight excluding hydrogens is 564 g/mol. The van der Waals surface area contributed by atoms with E-state index in [1.54, 1.807) is 18.2 Å². The van der Waals surface area contributed by atoms with E-state index < -0.39 is 35.7 Å². The number of carbonyl (C=O) groups is 2. The molecule has 7 nitrogen and oxygen atoms in total. The molecule has 3 aromatic carbocycles. The smallest absolute Gasteiger partial charge is 0.254 e. The van der Waals surface area contributed by atoms with Crippen molar-refractivity contribution < 1.29 is 28.2 Å². The van der Waals surface area contributed by atoms with Crippen LogP contribution in [0, 0.1) is 18.6 Å². The van der Waals surface area contributed by atoms with Gasteiger partial charge in [0, 0.05) is 42.4 Å². The molecule has 2 saturated heterocycles. The average Bonchev–Trinajstić information content (AvgIpc) is 3.69. The highest BCUT2D eigenvalue weighted by Crippen LogP contribution is 2.24. The molecular formula is C35H41F2N3O4. The number of amides is 2. The number of nitrogens with one attached hydrogen (secondary N) is 2. The van der Waals surface area contributed by atoms with Gasteiger partial charge in [-0.2, -0.15) is 0 Å². The first-order valence-electron chi connectivity index (χ1n) is 15.5. The minimum Gasteiger partial charge on any atom is -0.389 e. The van der Waals surface area contributed by atoms with Gasteiger partial charge >= 0.3 is 0 Å². The molecule has 2 fully saturated rings. The summed E-state index contributed by atoms with van der Waals surface area (Å²) < 4.78 is 34.2. The van der Waals surface area contributed by atoms with Crippen molar-refractivity contribution in [2.45, 2.75) is 82.9 Å². The second kappa shape index (κ2) is 14.4. The van der Waals surface area contributed by atoms with Crippen LogP contribution < -0.4 is 10.6 Å². The molecule has 2 amide bonds. The number of hydrogen-bond donors (Lipinski definition) is 3. The van der Waals surface area contributed by atoms with Gasteiger partial charge in [0.05, 0.1) is 24.9 Å². The fourth-order valence-electron chi connectivity index (χ4n) is 6.41. The molecule has 5 rings (SSSR count). The number of likely N-dealkylation sites (tertiary alicyclic amines) is 1. The molecule has 0 aliphatic carbocycles. The topological polar surface area (TPSA) is 90.9 Å². The molecule has 44 heavy (non-hydrogen) atoms. The number of halogens is 2. The number of carbonyl (C=O) groups excluding carboxylic acids is 2. The van der Waals surface area contributed by atoms with Gasteiger partial charge in [0.2, 0.25) is 0 Å². The zero-order chi connectivity index (χ0) is 31.2. The number of hydrogen-bond acceptors (Lipinski definition) is 5. The fourth-order valence-corrected chi connectivity index (χ4v) is 6.41. The molecule has 3 aromatic rings. The Morgan fingerprint density at radius 1 is 1.05 bits per heavy atom. The average molecular weight is 606 g/mol. The predicted octanol–water partition coefficient (Wildman–Crippen LogP) is 4.94. The van der Waals surface area contributed by atoms with E-state index in [-0.39, 0.29) is 30.0 Å². The summed E-state index contributed by atoms with van der Waals surface area (Å²) in [5, 5.41) is 17.7. The van der Waals surface area contributed by atoms with Gasteiger partial charge in [-0.3, -0.25) is 9.59 Å². The summed E-state index contributed by atoms with van der Waals surface area (Å²) in [5.74, 6) is -2.05. The van der Waals surface area contributed by atoms with Gasteiger partial charge in [-0.25, -0.2) is 8.78 Å². The first-order chi connectivity index (χ1) is 21.2. The van der Waals surface area contributed by atoms with Crippen molar-refractivity contribution >= 4 is 11.8 Å². The van der Waals surface area contributed by atoms with Gasteiger partial charge in [-0.15, -0.1) is 0 Å². The maximum absolute atomic E-state index is 14.1. The van der Waals surface area contributed by atoms with Crippen molar-refractivity contribution in [1.29, 1.82) is 0 Å². The summed E-state index contributed by atoms with van der Waals surface area (Å²) in [6.07, 6.45) is 2.05. The largest absolute Gasteiger partial charge is 0.389 e. The van der Waals surface area contributed by atoms with Crippen molar-refractivity contribution in [3.63, 3.8) is 0 Å². The molecule has 3 N–H and O–H groups in total. The summed E-state index contributed by atoms with van der Waals surface area (Å²) in [5.41, 5.74) is 2.83. The van der Waals surface area contributed by atoms with Crippen LogP contribution in [0.1, 0.15) is 70.0 Å². The lowest BCUT2D eigenvalue weighted by atomic mass is 9.94. The van der Waals surface area contributed by atoms with E-state index >= 15 is 0 Å². The molecule has 0 aromatic heterocycles. The summed E-state index contributed by atoms with van der Waals surface area (Å²) in [7, 11) is 0. The van der Waals surface area contributed by atoms with E-state index in [4.69, 9.17) is 4.74 Å². The van der Waals surface area contributed by atoms with Crippen molar-refractivity contribution in [2.24, 2.45) is 0 Å². The molecule has 0 bridgehead atoms. The van der Waals surface area contributed by atoms with E-state index in [0.717, 1.165) is 36.5 Å². The lowest BCUT2D eigenvalue weighted by molar-refractivity contribution is 0.0419. The number of rotatable bonds is 11. The van der Waals surface area contributed by atoms with Gasteiger partial charge < -0.3 is 25.4 Å². The summed E-state index contributed by atoms with van der Waals surface area (Å²) in [6, 6.07) is 16.9. The second-order valence-corrected chi connectivity index (χ2v) is 12.0. The molecule has 0 spiro atoms. The van der Waals surface area contributed by atoms with Crippen LogP contribution in [-0.2, 0) is 17.8 Å². The van der Waals surface area contributed by atoms with Crippen LogP contribution in [0.25, 0.3) is 0 Å². The summed E-state index contributed by atoms with van der Waals surface area (Å²) in [6.45, 7) is 5.54. The molecule has 2 aliphatic rings. The van der Waals surface area contributed by atoms with Crippen LogP contribution in [0.3, 0.4) is 0 Å². The van der Waals surface area contributed by atoms with Crippen molar-refractivity contribution in [3.8, 4) is 0 Å². The van der Waals surface area contributed by atoms with Gasteiger partial charge in [0.25, 0.3) is 11.8 Å². The first kappa shape index (κ1) is 31.8. The van der Waals surface area contributed by atoms with Crippen LogP contribution in [0.5, 0.6) is 0 Å². The normalized spacial score (nSPS) is 21.3. The maximum atomic E-state index is 14.1. The fraction of sp³-hybridized carbons (Fsp3) is 0.429. The zero-order valence-electron chi connectivity index (χ0n) is 25.3. The summed E-state index contributed by atoms with van der Waals surface area (Å²) >= 11 is 0. The van der Waals surface area contributed by atoms with E-state index in [1.165, 1.54) is 12.1 Å². The molecule has 0 saturated carbocycles. The Labute approximate surface area is 257 Å². The van der Waals surface area contributed by atoms with Crippen LogP contribution in [0.15, 0.2) is 66.7 Å². The number of aliphatic hydroxyl groups is 1. The van der Waals surface area contributed by atoms with E-state index in [0.29, 0.717) is 37.2 Å². The minimum atomic E-state index is -1.09. The molecule has 0 unspecified atom stereocenters. The van der Waals surface area contributed by atoms with Gasteiger partial charge in [0.15, 0.2) is 0 Å². The Balaban J connectivity index is 1.32. The first-order valence-corrected chi connectivity index (χ1v) is 15.5. The molecule has 9 heteroatoms. The highest BCUT2D eigenvalue weighted by Gasteiger charge is 2.36. The third-order valence-electron chi connectivity index (χ3n) is 8.67. The highest BCUT2D eigenvalue weighted by molar-refractivity contribution is 6.00.